The topological polar surface area (TPSA) is 121 Å². The lowest BCUT2D eigenvalue weighted by molar-refractivity contribution is 0.261. The number of hydrogen-bond acceptors (Lipinski definition) is 8. The van der Waals surface area contributed by atoms with Gasteiger partial charge in [-0.25, -0.2) is 29.9 Å². The molecule has 0 saturated heterocycles. The third-order valence-corrected chi connectivity index (χ3v) is 8.33. The van der Waals surface area contributed by atoms with Gasteiger partial charge in [0, 0.05) is 50.3 Å². The lowest BCUT2D eigenvalue weighted by Crippen LogP contribution is -2.19. The van der Waals surface area contributed by atoms with Crippen molar-refractivity contribution in [3.8, 4) is 51.3 Å². The van der Waals surface area contributed by atoms with Gasteiger partial charge in [-0.15, -0.1) is 0 Å². The van der Waals surface area contributed by atoms with Gasteiger partial charge in [0.1, 0.15) is 34.9 Å². The summed E-state index contributed by atoms with van der Waals surface area (Å²) >= 11 is 0. The SMILES string of the molecule is CN(C)CCOc1ccc2c3nc4nc(nc5[nH]c(nc6nc(nc([nH]3)c2c1)-c1ccccc1-6)c1ccccc51)-c1ccccc1-4. The zero-order valence-electron chi connectivity index (χ0n) is 25.1. The number of aromatic nitrogens is 8. The Bertz CT molecular complexity index is 2510. The Balaban J connectivity index is 1.40. The van der Waals surface area contributed by atoms with E-state index in [2.05, 4.69) is 14.9 Å². The summed E-state index contributed by atoms with van der Waals surface area (Å²) in [5.74, 6) is 3.05. The van der Waals surface area contributed by atoms with Crippen LogP contribution in [0.15, 0.2) is 91.0 Å². The van der Waals surface area contributed by atoms with Crippen molar-refractivity contribution in [3.63, 3.8) is 0 Å². The normalized spacial score (nSPS) is 12.1. The summed E-state index contributed by atoms with van der Waals surface area (Å²) in [5, 5.41) is 3.66. The summed E-state index contributed by atoms with van der Waals surface area (Å²) in [7, 11) is 4.05. The van der Waals surface area contributed by atoms with Crippen LogP contribution in [-0.4, -0.2) is 72.0 Å². The lowest BCUT2D eigenvalue weighted by Gasteiger charge is -2.10. The molecule has 222 valence electrons. The highest BCUT2D eigenvalue weighted by Gasteiger charge is 2.22. The van der Waals surface area contributed by atoms with Crippen LogP contribution in [0.3, 0.4) is 0 Å². The molecule has 3 aromatic heterocycles. The van der Waals surface area contributed by atoms with E-state index in [0.29, 0.717) is 52.5 Å². The molecule has 2 aliphatic heterocycles. The van der Waals surface area contributed by atoms with Crippen LogP contribution in [0.5, 0.6) is 5.75 Å². The molecule has 2 aliphatic rings. The maximum absolute atomic E-state index is 6.11. The summed E-state index contributed by atoms with van der Waals surface area (Å²) in [4.78, 5) is 39.2. The number of fused-ring (bicyclic) bond motifs is 20. The van der Waals surface area contributed by atoms with Crippen molar-refractivity contribution in [2.24, 2.45) is 0 Å². The van der Waals surface area contributed by atoms with E-state index in [1.165, 1.54) is 0 Å². The first-order chi connectivity index (χ1) is 22.6. The van der Waals surface area contributed by atoms with Crippen molar-refractivity contribution in [3.05, 3.63) is 91.0 Å². The molecule has 46 heavy (non-hydrogen) atoms. The second kappa shape index (κ2) is 10.3. The highest BCUT2D eigenvalue weighted by Crippen LogP contribution is 2.37. The van der Waals surface area contributed by atoms with E-state index in [1.54, 1.807) is 0 Å². The molecule has 10 nitrogen and oxygen atoms in total. The Morgan fingerprint density at radius 1 is 0.500 bits per heavy atom. The van der Waals surface area contributed by atoms with E-state index >= 15 is 0 Å². The summed E-state index contributed by atoms with van der Waals surface area (Å²) < 4.78 is 6.11. The van der Waals surface area contributed by atoms with Gasteiger partial charge in [0.25, 0.3) is 0 Å². The summed E-state index contributed by atoms with van der Waals surface area (Å²) in [6.07, 6.45) is 0. The average molecular weight is 602 g/mol. The molecule has 0 amide bonds. The first kappa shape index (κ1) is 26.4. The van der Waals surface area contributed by atoms with Crippen molar-refractivity contribution in [2.75, 3.05) is 27.2 Å². The fraction of sp³-hybridized carbons (Fsp3) is 0.111. The minimum Gasteiger partial charge on any atom is -0.492 e. The number of hydrogen-bond donors (Lipinski definition) is 2. The van der Waals surface area contributed by atoms with E-state index < -0.39 is 0 Å². The maximum atomic E-state index is 6.11. The molecule has 0 atom stereocenters. The number of nitrogens with zero attached hydrogens (tertiary/aromatic N) is 7. The van der Waals surface area contributed by atoms with Gasteiger partial charge in [-0.2, -0.15) is 0 Å². The molecular formula is C36H27N9O. The number of aromatic amines is 2. The van der Waals surface area contributed by atoms with Crippen molar-refractivity contribution in [1.29, 1.82) is 0 Å². The second-order valence-electron chi connectivity index (χ2n) is 11.6. The predicted octanol–water partition coefficient (Wildman–Crippen LogP) is 6.81. The number of nitrogens with one attached hydrogen (secondary N) is 2. The van der Waals surface area contributed by atoms with Crippen LogP contribution < -0.4 is 4.74 Å². The first-order valence-electron chi connectivity index (χ1n) is 15.1. The van der Waals surface area contributed by atoms with E-state index in [0.717, 1.165) is 56.1 Å². The molecule has 0 radical (unpaired) electrons. The Hall–Kier alpha value is -6.00. The number of rotatable bonds is 4. The Morgan fingerprint density at radius 3 is 1.37 bits per heavy atom. The van der Waals surface area contributed by atoms with Crippen molar-refractivity contribution >= 4 is 44.1 Å². The Labute approximate surface area is 262 Å². The molecule has 2 N–H and O–H groups in total. The standard InChI is InChI=1S/C36H27N9O/c1-45(2)17-18-46-20-15-16-27-28(19-20)36-43-34-26-14-8-7-13-25(26)32(41-34)39-30-22-10-4-3-9-21(22)29(37-30)38-31-23-11-5-6-12-24(23)33(40-31)42-35(27)44-36/h3-16,19H,17-18H2,1-2H3,(H2,37,38,39,40,41,42,43,44). The summed E-state index contributed by atoms with van der Waals surface area (Å²) in [6.45, 7) is 1.37. The van der Waals surface area contributed by atoms with Crippen LogP contribution in [0, 0.1) is 0 Å². The van der Waals surface area contributed by atoms with Crippen LogP contribution in [0.1, 0.15) is 0 Å². The molecule has 0 unspecified atom stereocenters. The van der Waals surface area contributed by atoms with E-state index in [1.807, 2.05) is 105 Å². The first-order valence-corrected chi connectivity index (χ1v) is 15.1. The quantitative estimate of drug-likeness (QED) is 0.226. The van der Waals surface area contributed by atoms with E-state index in [-0.39, 0.29) is 0 Å². The smallest absolute Gasteiger partial charge is 0.164 e. The molecule has 8 bridgehead atoms. The van der Waals surface area contributed by atoms with Gasteiger partial charge >= 0.3 is 0 Å². The zero-order chi connectivity index (χ0) is 30.8. The molecule has 4 aromatic carbocycles. The number of ether oxygens (including phenoxy) is 1. The van der Waals surface area contributed by atoms with Crippen molar-refractivity contribution in [2.45, 2.75) is 0 Å². The number of H-pyrrole nitrogens is 2. The highest BCUT2D eigenvalue weighted by atomic mass is 16.5. The van der Waals surface area contributed by atoms with Gasteiger partial charge < -0.3 is 19.6 Å². The van der Waals surface area contributed by atoms with Crippen LogP contribution >= 0.6 is 0 Å². The third kappa shape index (κ3) is 4.30. The molecular weight excluding hydrogens is 574 g/mol. The molecule has 5 heterocycles. The molecule has 0 aliphatic carbocycles. The van der Waals surface area contributed by atoms with Crippen molar-refractivity contribution < 1.29 is 4.74 Å². The summed E-state index contributed by atoms with van der Waals surface area (Å²) in [6, 6.07) is 30.1. The van der Waals surface area contributed by atoms with Crippen molar-refractivity contribution in [1.82, 2.24) is 44.8 Å². The Morgan fingerprint density at radius 2 is 0.913 bits per heavy atom. The van der Waals surface area contributed by atoms with Gasteiger partial charge in [0.2, 0.25) is 0 Å². The Kier molecular flexibility index (Phi) is 5.90. The van der Waals surface area contributed by atoms with Crippen LogP contribution in [0.2, 0.25) is 0 Å². The van der Waals surface area contributed by atoms with E-state index in [4.69, 9.17) is 34.6 Å². The van der Waals surface area contributed by atoms with Gasteiger partial charge in [-0.1, -0.05) is 72.8 Å². The third-order valence-electron chi connectivity index (χ3n) is 8.33. The highest BCUT2D eigenvalue weighted by molar-refractivity contribution is 6.06. The van der Waals surface area contributed by atoms with Gasteiger partial charge in [-0.05, 0) is 32.3 Å². The lowest BCUT2D eigenvalue weighted by atomic mass is 10.1. The largest absolute Gasteiger partial charge is 0.492 e. The molecule has 7 aromatic rings. The number of likely N-dealkylation sites (N-methyl/N-ethyl adjacent to an activating group) is 1. The average Bonchev–Trinajstić information content (AvgIpc) is 3.80. The maximum Gasteiger partial charge on any atom is 0.164 e. The monoisotopic (exact) mass is 601 g/mol. The fourth-order valence-corrected chi connectivity index (χ4v) is 6.06. The molecule has 0 fully saturated rings. The van der Waals surface area contributed by atoms with Crippen LogP contribution in [0.25, 0.3) is 89.7 Å². The van der Waals surface area contributed by atoms with Gasteiger partial charge in [0.15, 0.2) is 23.3 Å². The van der Waals surface area contributed by atoms with Crippen LogP contribution in [0.4, 0.5) is 0 Å². The second-order valence-corrected chi connectivity index (χ2v) is 11.6. The zero-order valence-corrected chi connectivity index (χ0v) is 25.1. The minimum atomic E-state index is 0.565. The number of benzene rings is 4. The van der Waals surface area contributed by atoms with E-state index in [9.17, 15) is 0 Å². The molecule has 10 heteroatoms. The molecule has 0 saturated carbocycles. The predicted molar refractivity (Wildman–Crippen MR) is 180 cm³/mol. The fourth-order valence-electron chi connectivity index (χ4n) is 6.06. The molecule has 0 spiro atoms. The summed E-state index contributed by atoms with van der Waals surface area (Å²) in [5.41, 5.74) is 6.24. The minimum absolute atomic E-state index is 0.565. The van der Waals surface area contributed by atoms with Gasteiger partial charge in [0.05, 0.1) is 0 Å². The molecule has 9 rings (SSSR count). The van der Waals surface area contributed by atoms with Gasteiger partial charge in [-0.3, -0.25) is 0 Å². The van der Waals surface area contributed by atoms with Crippen LogP contribution in [-0.2, 0) is 0 Å².